The summed E-state index contributed by atoms with van der Waals surface area (Å²) >= 11 is 0. The maximum Gasteiger partial charge on any atom is 0.150 e. The van der Waals surface area contributed by atoms with Crippen molar-refractivity contribution in [1.29, 1.82) is 0 Å². The van der Waals surface area contributed by atoms with Gasteiger partial charge in [-0.25, -0.2) is 0 Å². The van der Waals surface area contributed by atoms with Crippen molar-refractivity contribution in [3.05, 3.63) is 82.9 Å². The van der Waals surface area contributed by atoms with Gasteiger partial charge in [0.05, 0.1) is 0 Å². The molecule has 0 saturated heterocycles. The van der Waals surface area contributed by atoms with E-state index in [2.05, 4.69) is 0 Å². The molecule has 0 bridgehead atoms. The monoisotopic (exact) mass is 342 g/mol. The Balaban J connectivity index is 2.12. The SMILES string of the molecule is O=Cc1cc(C=O)cc(-c2ccc(-c3cccc(C=O)c3)c(C=O)c2)c1. The molecule has 0 spiro atoms. The van der Waals surface area contributed by atoms with E-state index < -0.39 is 0 Å². The van der Waals surface area contributed by atoms with Gasteiger partial charge in [-0.3, -0.25) is 19.2 Å². The van der Waals surface area contributed by atoms with Crippen LogP contribution in [0.3, 0.4) is 0 Å². The molecule has 0 amide bonds. The average Bonchev–Trinajstić information content (AvgIpc) is 2.72. The summed E-state index contributed by atoms with van der Waals surface area (Å²) in [4.78, 5) is 44.7. The molecule has 4 heteroatoms. The number of hydrogen-bond donors (Lipinski definition) is 0. The third-order valence-corrected chi connectivity index (χ3v) is 4.10. The Morgan fingerprint density at radius 1 is 0.500 bits per heavy atom. The normalized spacial score (nSPS) is 10.2. The van der Waals surface area contributed by atoms with Gasteiger partial charge < -0.3 is 0 Å². The van der Waals surface area contributed by atoms with E-state index in [0.29, 0.717) is 51.5 Å². The summed E-state index contributed by atoms with van der Waals surface area (Å²) in [5.74, 6) is 0. The second-order valence-electron chi connectivity index (χ2n) is 5.79. The zero-order chi connectivity index (χ0) is 18.5. The van der Waals surface area contributed by atoms with Crippen molar-refractivity contribution in [2.45, 2.75) is 0 Å². The van der Waals surface area contributed by atoms with Crippen molar-refractivity contribution in [1.82, 2.24) is 0 Å². The molecule has 0 heterocycles. The number of benzene rings is 3. The third-order valence-electron chi connectivity index (χ3n) is 4.10. The van der Waals surface area contributed by atoms with Crippen LogP contribution in [0.1, 0.15) is 41.4 Å². The van der Waals surface area contributed by atoms with Crippen LogP contribution in [0.4, 0.5) is 0 Å². The van der Waals surface area contributed by atoms with Crippen LogP contribution >= 0.6 is 0 Å². The Morgan fingerprint density at radius 2 is 1.15 bits per heavy atom. The standard InChI is InChI=1S/C22H14O4/c23-11-15-2-1-3-19(7-15)22-5-4-18(10-21(22)14-26)20-8-16(12-24)6-17(9-20)13-25/h1-14H. The molecule has 3 aromatic rings. The molecule has 0 N–H and O–H groups in total. The molecule has 3 rings (SSSR count). The van der Waals surface area contributed by atoms with E-state index in [4.69, 9.17) is 0 Å². The molecule has 0 aromatic heterocycles. The quantitative estimate of drug-likeness (QED) is 0.627. The lowest BCUT2D eigenvalue weighted by atomic mass is 9.93. The fourth-order valence-corrected chi connectivity index (χ4v) is 2.86. The van der Waals surface area contributed by atoms with Gasteiger partial charge in [-0.05, 0) is 52.6 Å². The topological polar surface area (TPSA) is 68.3 Å². The maximum absolute atomic E-state index is 11.6. The van der Waals surface area contributed by atoms with Gasteiger partial charge in [0, 0.05) is 22.3 Å². The van der Waals surface area contributed by atoms with Crippen molar-refractivity contribution in [2.75, 3.05) is 0 Å². The summed E-state index contributed by atoms with van der Waals surface area (Å²) in [6.07, 6.45) is 2.85. The average molecular weight is 342 g/mol. The van der Waals surface area contributed by atoms with Gasteiger partial charge in [-0.15, -0.1) is 0 Å². The van der Waals surface area contributed by atoms with Gasteiger partial charge >= 0.3 is 0 Å². The van der Waals surface area contributed by atoms with Crippen LogP contribution in [0.2, 0.25) is 0 Å². The maximum atomic E-state index is 11.6. The molecule has 4 nitrogen and oxygen atoms in total. The summed E-state index contributed by atoms with van der Waals surface area (Å²) in [5, 5.41) is 0. The third kappa shape index (κ3) is 3.39. The Bertz CT molecular complexity index is 992. The highest BCUT2D eigenvalue weighted by Gasteiger charge is 2.09. The Labute approximate surface area is 150 Å². The number of carbonyl (C=O) groups excluding carboxylic acids is 4. The van der Waals surface area contributed by atoms with Crippen LogP contribution in [0.5, 0.6) is 0 Å². The van der Waals surface area contributed by atoms with E-state index >= 15 is 0 Å². The van der Waals surface area contributed by atoms with Crippen molar-refractivity contribution in [3.63, 3.8) is 0 Å². The lowest BCUT2D eigenvalue weighted by Crippen LogP contribution is -1.93. The lowest BCUT2D eigenvalue weighted by molar-refractivity contribution is 0.111. The Morgan fingerprint density at radius 3 is 1.77 bits per heavy atom. The van der Waals surface area contributed by atoms with E-state index in [1.54, 1.807) is 42.5 Å². The molecular weight excluding hydrogens is 328 g/mol. The minimum Gasteiger partial charge on any atom is -0.298 e. The number of hydrogen-bond acceptors (Lipinski definition) is 4. The molecule has 0 fully saturated rings. The highest BCUT2D eigenvalue weighted by molar-refractivity contribution is 5.92. The predicted molar refractivity (Wildman–Crippen MR) is 98.9 cm³/mol. The summed E-state index contributed by atoms with van der Waals surface area (Å²) in [6.45, 7) is 0. The second kappa shape index (κ2) is 7.49. The fraction of sp³-hybridized carbons (Fsp3) is 0. The van der Waals surface area contributed by atoms with Crippen LogP contribution < -0.4 is 0 Å². The highest BCUT2D eigenvalue weighted by Crippen LogP contribution is 2.29. The molecule has 3 aromatic carbocycles. The molecular formula is C22H14O4. The van der Waals surface area contributed by atoms with Crippen molar-refractivity contribution < 1.29 is 19.2 Å². The van der Waals surface area contributed by atoms with Gasteiger partial charge in [-0.1, -0.05) is 30.3 Å². The summed E-state index contributed by atoms with van der Waals surface area (Å²) in [6, 6.07) is 17.1. The molecule has 0 atom stereocenters. The van der Waals surface area contributed by atoms with E-state index in [-0.39, 0.29) is 0 Å². The van der Waals surface area contributed by atoms with Gasteiger partial charge in [0.1, 0.15) is 18.9 Å². The molecule has 0 unspecified atom stereocenters. The van der Waals surface area contributed by atoms with Gasteiger partial charge in [0.25, 0.3) is 0 Å². The fourth-order valence-electron chi connectivity index (χ4n) is 2.86. The predicted octanol–water partition coefficient (Wildman–Crippen LogP) is 4.27. The van der Waals surface area contributed by atoms with Crippen LogP contribution in [-0.4, -0.2) is 25.1 Å². The van der Waals surface area contributed by atoms with Crippen molar-refractivity contribution >= 4 is 25.1 Å². The Hall–Kier alpha value is -3.66. The van der Waals surface area contributed by atoms with Crippen LogP contribution in [-0.2, 0) is 0 Å². The van der Waals surface area contributed by atoms with Crippen LogP contribution in [0, 0.1) is 0 Å². The van der Waals surface area contributed by atoms with Gasteiger partial charge in [-0.2, -0.15) is 0 Å². The first-order chi connectivity index (χ1) is 12.7. The smallest absolute Gasteiger partial charge is 0.150 e. The van der Waals surface area contributed by atoms with Gasteiger partial charge in [0.15, 0.2) is 6.29 Å². The molecule has 0 radical (unpaired) electrons. The molecule has 126 valence electrons. The zero-order valence-corrected chi connectivity index (χ0v) is 13.7. The summed E-state index contributed by atoms with van der Waals surface area (Å²) in [7, 11) is 0. The largest absolute Gasteiger partial charge is 0.298 e. The van der Waals surface area contributed by atoms with E-state index in [0.717, 1.165) is 18.1 Å². The molecule has 0 aliphatic rings. The summed E-state index contributed by atoms with van der Waals surface area (Å²) < 4.78 is 0. The molecule has 26 heavy (non-hydrogen) atoms. The first-order valence-corrected chi connectivity index (χ1v) is 7.89. The molecule has 0 aliphatic carbocycles. The minimum absolute atomic E-state index is 0.389. The summed E-state index contributed by atoms with van der Waals surface area (Å²) in [5.41, 5.74) is 4.61. The number of carbonyl (C=O) groups is 4. The first-order valence-electron chi connectivity index (χ1n) is 7.89. The zero-order valence-electron chi connectivity index (χ0n) is 13.7. The first kappa shape index (κ1) is 17.2. The van der Waals surface area contributed by atoms with Gasteiger partial charge in [0.2, 0.25) is 0 Å². The van der Waals surface area contributed by atoms with Crippen LogP contribution in [0.15, 0.2) is 60.7 Å². The second-order valence-corrected chi connectivity index (χ2v) is 5.79. The highest BCUT2D eigenvalue weighted by atomic mass is 16.1. The van der Waals surface area contributed by atoms with Crippen molar-refractivity contribution in [2.24, 2.45) is 0 Å². The van der Waals surface area contributed by atoms with E-state index in [9.17, 15) is 19.2 Å². The molecule has 0 aliphatic heterocycles. The van der Waals surface area contributed by atoms with Crippen molar-refractivity contribution in [3.8, 4) is 22.3 Å². The lowest BCUT2D eigenvalue weighted by Gasteiger charge is -2.10. The van der Waals surface area contributed by atoms with E-state index in [1.807, 2.05) is 12.1 Å². The van der Waals surface area contributed by atoms with E-state index in [1.165, 1.54) is 6.07 Å². The minimum atomic E-state index is 0.389. The Kier molecular flexibility index (Phi) is 4.94. The van der Waals surface area contributed by atoms with Crippen LogP contribution in [0.25, 0.3) is 22.3 Å². The number of aldehydes is 4. The molecule has 0 saturated carbocycles. The number of rotatable bonds is 6.